The van der Waals surface area contributed by atoms with Gasteiger partial charge in [0.15, 0.2) is 5.78 Å². The predicted octanol–water partition coefficient (Wildman–Crippen LogP) is 5.63. The third-order valence-corrected chi connectivity index (χ3v) is 6.56. The van der Waals surface area contributed by atoms with Gasteiger partial charge in [-0.05, 0) is 48.7 Å². The van der Waals surface area contributed by atoms with Crippen LogP contribution >= 0.6 is 0 Å². The third-order valence-electron chi connectivity index (χ3n) is 6.56. The number of nitrogens with zero attached hydrogens (tertiary/aromatic N) is 2. The lowest BCUT2D eigenvalue weighted by atomic mass is 9.80. The largest absolute Gasteiger partial charge is 0.418 e. The number of amides is 1. The van der Waals surface area contributed by atoms with Crippen LogP contribution in [0.25, 0.3) is 0 Å². The second kappa shape index (κ2) is 11.9. The third kappa shape index (κ3) is 6.97. The molecule has 4 rings (SSSR count). The Morgan fingerprint density at radius 2 is 1.79 bits per heavy atom. The number of hydrogen-bond acceptors (Lipinski definition) is 6. The van der Waals surface area contributed by atoms with E-state index in [-0.39, 0.29) is 37.0 Å². The van der Waals surface area contributed by atoms with Crippen molar-refractivity contribution in [1.29, 1.82) is 0 Å². The minimum absolute atomic E-state index is 0.0443. The van der Waals surface area contributed by atoms with Crippen LogP contribution in [-0.4, -0.2) is 34.9 Å². The molecule has 1 atom stereocenters. The van der Waals surface area contributed by atoms with E-state index in [9.17, 15) is 27.2 Å². The fourth-order valence-electron chi connectivity index (χ4n) is 4.36. The van der Waals surface area contributed by atoms with E-state index < -0.39 is 23.0 Å². The molecule has 0 radical (unpaired) electrons. The maximum Gasteiger partial charge on any atom is 0.418 e. The van der Waals surface area contributed by atoms with E-state index in [2.05, 4.69) is 20.6 Å². The highest BCUT2D eigenvalue weighted by atomic mass is 19.4. The van der Waals surface area contributed by atoms with Crippen molar-refractivity contribution < 1.29 is 31.9 Å². The number of benzene rings is 2. The number of aromatic nitrogens is 2. The van der Waals surface area contributed by atoms with E-state index in [4.69, 9.17) is 4.74 Å². The van der Waals surface area contributed by atoms with Crippen LogP contribution in [0.3, 0.4) is 0 Å². The number of hydrogen-bond donors (Lipinski definition) is 2. The van der Waals surface area contributed by atoms with Crippen LogP contribution in [-0.2, 0) is 28.7 Å². The average molecular weight is 545 g/mol. The zero-order valence-electron chi connectivity index (χ0n) is 21.3. The Kier molecular flexibility index (Phi) is 8.59. The molecule has 0 saturated carbocycles. The van der Waals surface area contributed by atoms with Gasteiger partial charge in [0.25, 0.3) is 0 Å². The zero-order chi connectivity index (χ0) is 28.0. The van der Waals surface area contributed by atoms with Gasteiger partial charge in [0.1, 0.15) is 11.6 Å². The lowest BCUT2D eigenvalue weighted by Crippen LogP contribution is -2.42. The maximum absolute atomic E-state index is 13.4. The van der Waals surface area contributed by atoms with Gasteiger partial charge in [-0.3, -0.25) is 9.59 Å². The molecular formula is C28H28F4N4O3. The second-order valence-corrected chi connectivity index (χ2v) is 9.51. The smallest absolute Gasteiger partial charge is 0.380 e. The number of carbonyl (C=O) groups is 2. The number of Topliss-reactive ketones (excluding diaryl/α,β-unsaturated/α-hetero) is 1. The van der Waals surface area contributed by atoms with Crippen LogP contribution in [0.15, 0.2) is 54.9 Å². The topological polar surface area (TPSA) is 93.2 Å². The van der Waals surface area contributed by atoms with Crippen LogP contribution in [0.4, 0.5) is 28.9 Å². The second-order valence-electron chi connectivity index (χ2n) is 9.51. The van der Waals surface area contributed by atoms with Crippen molar-refractivity contribution >= 4 is 23.1 Å². The molecule has 0 unspecified atom stereocenters. The van der Waals surface area contributed by atoms with Crippen molar-refractivity contribution in [3.05, 3.63) is 83.2 Å². The highest BCUT2D eigenvalue weighted by Crippen LogP contribution is 2.37. The first-order valence-corrected chi connectivity index (χ1v) is 12.5. The van der Waals surface area contributed by atoms with E-state index in [1.807, 2.05) is 6.92 Å². The summed E-state index contributed by atoms with van der Waals surface area (Å²) in [6.07, 6.45) is 0.203. The first kappa shape index (κ1) is 28.2. The molecule has 1 fully saturated rings. The van der Waals surface area contributed by atoms with Gasteiger partial charge in [0, 0.05) is 44.1 Å². The first-order valence-electron chi connectivity index (χ1n) is 12.5. The van der Waals surface area contributed by atoms with Gasteiger partial charge in [-0.2, -0.15) is 13.2 Å². The van der Waals surface area contributed by atoms with Gasteiger partial charge in [-0.1, -0.05) is 19.1 Å². The van der Waals surface area contributed by atoms with E-state index in [0.29, 0.717) is 48.2 Å². The molecule has 1 aliphatic rings. The molecule has 2 aromatic carbocycles. The number of alkyl halides is 3. The van der Waals surface area contributed by atoms with Crippen LogP contribution in [0.1, 0.15) is 53.5 Å². The highest BCUT2D eigenvalue weighted by Gasteiger charge is 2.44. The number of anilines is 2. The molecule has 1 amide bonds. The average Bonchev–Trinajstić information content (AvgIpc) is 3.39. The van der Waals surface area contributed by atoms with E-state index in [1.54, 1.807) is 24.3 Å². The van der Waals surface area contributed by atoms with Gasteiger partial charge in [0.2, 0.25) is 5.91 Å². The minimum Gasteiger partial charge on any atom is -0.380 e. The van der Waals surface area contributed by atoms with Gasteiger partial charge in [-0.25, -0.2) is 14.4 Å². The molecule has 0 bridgehead atoms. The summed E-state index contributed by atoms with van der Waals surface area (Å²) in [5, 5.41) is 5.51. The number of nitrogens with one attached hydrogen (secondary N) is 2. The molecule has 11 heteroatoms. The normalized spacial score (nSPS) is 17.2. The maximum atomic E-state index is 13.4. The van der Waals surface area contributed by atoms with E-state index in [0.717, 1.165) is 18.6 Å². The van der Waals surface area contributed by atoms with E-state index in [1.165, 1.54) is 12.4 Å². The van der Waals surface area contributed by atoms with Crippen molar-refractivity contribution in [3.63, 3.8) is 0 Å². The predicted molar refractivity (Wildman–Crippen MR) is 136 cm³/mol. The molecule has 39 heavy (non-hydrogen) atoms. The van der Waals surface area contributed by atoms with Crippen molar-refractivity contribution in [3.8, 4) is 0 Å². The number of carbonyl (C=O) groups excluding carboxylic acids is 2. The SMILES string of the molecule is CCCc1ncc(C(=O)C[C@@]2(C(=O)NCc3ccc(Nc4ccc(F)cc4C(F)(F)F)cc3)CCOC2)cn1. The lowest BCUT2D eigenvalue weighted by Gasteiger charge is -2.25. The highest BCUT2D eigenvalue weighted by molar-refractivity contribution is 5.99. The summed E-state index contributed by atoms with van der Waals surface area (Å²) in [5.41, 5.74) is -1.00. The number of rotatable bonds is 10. The summed E-state index contributed by atoms with van der Waals surface area (Å²) in [6, 6.07) is 8.84. The fraction of sp³-hybridized carbons (Fsp3) is 0.357. The number of aryl methyl sites for hydroxylation is 1. The van der Waals surface area contributed by atoms with E-state index >= 15 is 0 Å². The van der Waals surface area contributed by atoms with Gasteiger partial charge >= 0.3 is 6.18 Å². The molecule has 7 nitrogen and oxygen atoms in total. The van der Waals surface area contributed by atoms with Gasteiger partial charge in [0.05, 0.1) is 28.8 Å². The van der Waals surface area contributed by atoms with Crippen LogP contribution in [0.5, 0.6) is 0 Å². The molecule has 0 aliphatic carbocycles. The molecule has 1 aliphatic heterocycles. The quantitative estimate of drug-likeness (QED) is 0.254. The summed E-state index contributed by atoms with van der Waals surface area (Å²) < 4.78 is 58.6. The Morgan fingerprint density at radius 1 is 1.08 bits per heavy atom. The molecule has 206 valence electrons. The Labute approximate surface area is 223 Å². The standard InChI is InChI=1S/C28H28F4N4O3/c1-2-3-25-33-15-19(16-34-25)24(37)13-27(10-11-39-17-27)26(38)35-14-18-4-7-21(8-5-18)36-23-9-6-20(29)12-22(23)28(30,31)32/h4-9,12,15-16,36H,2-3,10-11,13-14,17H2,1H3,(H,35,38)/t27-/m0/s1. The molecule has 1 saturated heterocycles. The Bertz CT molecular complexity index is 1310. The van der Waals surface area contributed by atoms with Gasteiger partial charge < -0.3 is 15.4 Å². The van der Waals surface area contributed by atoms with Crippen molar-refractivity contribution in [2.75, 3.05) is 18.5 Å². The molecule has 0 spiro atoms. The Balaban J connectivity index is 1.38. The first-order chi connectivity index (χ1) is 18.6. The minimum atomic E-state index is -4.72. The Hall–Kier alpha value is -3.86. The fourth-order valence-corrected chi connectivity index (χ4v) is 4.36. The summed E-state index contributed by atoms with van der Waals surface area (Å²) >= 11 is 0. The molecule has 2 N–H and O–H groups in total. The summed E-state index contributed by atoms with van der Waals surface area (Å²) in [6.45, 7) is 2.63. The number of ether oxygens (including phenoxy) is 1. The summed E-state index contributed by atoms with van der Waals surface area (Å²) in [4.78, 5) is 34.6. The van der Waals surface area contributed by atoms with Crippen molar-refractivity contribution in [1.82, 2.24) is 15.3 Å². The number of halogens is 4. The number of ketones is 1. The van der Waals surface area contributed by atoms with Gasteiger partial charge in [-0.15, -0.1) is 0 Å². The zero-order valence-corrected chi connectivity index (χ0v) is 21.3. The summed E-state index contributed by atoms with van der Waals surface area (Å²) in [7, 11) is 0. The van der Waals surface area contributed by atoms with Crippen LogP contribution < -0.4 is 10.6 Å². The molecule has 3 aromatic rings. The molecule has 1 aromatic heterocycles. The van der Waals surface area contributed by atoms with Crippen LogP contribution in [0, 0.1) is 11.2 Å². The lowest BCUT2D eigenvalue weighted by molar-refractivity contribution is -0.137. The van der Waals surface area contributed by atoms with Crippen LogP contribution in [0.2, 0.25) is 0 Å². The molecular weight excluding hydrogens is 516 g/mol. The van der Waals surface area contributed by atoms with Crippen molar-refractivity contribution in [2.45, 2.75) is 45.3 Å². The summed E-state index contributed by atoms with van der Waals surface area (Å²) in [5.74, 6) is -0.886. The monoisotopic (exact) mass is 544 g/mol. The molecule has 2 heterocycles. The Morgan fingerprint density at radius 3 is 2.41 bits per heavy atom. The van der Waals surface area contributed by atoms with Crippen molar-refractivity contribution in [2.24, 2.45) is 5.41 Å².